The summed E-state index contributed by atoms with van der Waals surface area (Å²) in [5.74, 6) is 1.41. The van der Waals surface area contributed by atoms with Crippen LogP contribution >= 0.6 is 11.6 Å². The van der Waals surface area contributed by atoms with Crippen LogP contribution in [0.4, 0.5) is 0 Å². The first-order valence-electron chi connectivity index (χ1n) is 9.25. The average molecular weight is 409 g/mol. The number of carbonyl (C=O) groups is 1. The number of amides is 1. The van der Waals surface area contributed by atoms with Crippen molar-refractivity contribution in [2.45, 2.75) is 13.3 Å². The molecular formula is C23H21ClN2O3. The molecule has 6 heteroatoms. The summed E-state index contributed by atoms with van der Waals surface area (Å²) in [6, 6.07) is 17.4. The number of aryl methyl sites for hydroxylation is 1. The standard InChI is InChI=1S/C23H21ClN2O3/c1-14-4-6-15(7-5-14)21-13-17-11-18(24)10-16(22(17)29-21)12-19-8-9-20(28-19)23(27)25-26(2)3/h4-11,13H,12H2,1-3H3,(H,25,27). The smallest absolute Gasteiger partial charge is 0.301 e. The van der Waals surface area contributed by atoms with Crippen LogP contribution in [0.15, 0.2) is 63.4 Å². The van der Waals surface area contributed by atoms with Gasteiger partial charge in [0, 0.05) is 42.1 Å². The van der Waals surface area contributed by atoms with Gasteiger partial charge in [0.15, 0.2) is 5.76 Å². The molecule has 29 heavy (non-hydrogen) atoms. The lowest BCUT2D eigenvalue weighted by Crippen LogP contribution is -2.35. The number of hydrogen-bond acceptors (Lipinski definition) is 4. The fraction of sp³-hybridized carbons (Fsp3) is 0.174. The highest BCUT2D eigenvalue weighted by atomic mass is 35.5. The molecule has 2 aromatic heterocycles. The molecule has 0 spiro atoms. The summed E-state index contributed by atoms with van der Waals surface area (Å²) in [6.07, 6.45) is 0.465. The van der Waals surface area contributed by atoms with Gasteiger partial charge in [-0.15, -0.1) is 0 Å². The van der Waals surface area contributed by atoms with Crippen molar-refractivity contribution in [2.24, 2.45) is 0 Å². The molecule has 0 aliphatic heterocycles. The topological polar surface area (TPSA) is 58.6 Å². The Hall–Kier alpha value is -3.02. The van der Waals surface area contributed by atoms with E-state index in [0.717, 1.165) is 27.9 Å². The molecular weight excluding hydrogens is 388 g/mol. The fourth-order valence-electron chi connectivity index (χ4n) is 3.22. The minimum Gasteiger partial charge on any atom is -0.456 e. The van der Waals surface area contributed by atoms with Crippen molar-refractivity contribution in [3.05, 3.63) is 82.3 Å². The van der Waals surface area contributed by atoms with Crippen LogP contribution in [0.3, 0.4) is 0 Å². The van der Waals surface area contributed by atoms with Gasteiger partial charge in [0.1, 0.15) is 17.1 Å². The van der Waals surface area contributed by atoms with Crippen molar-refractivity contribution >= 4 is 28.5 Å². The van der Waals surface area contributed by atoms with Crippen LogP contribution < -0.4 is 5.43 Å². The number of benzene rings is 2. The quantitative estimate of drug-likeness (QED) is 0.446. The lowest BCUT2D eigenvalue weighted by Gasteiger charge is -2.09. The predicted octanol–water partition coefficient (Wildman–Crippen LogP) is 5.45. The molecule has 2 heterocycles. The largest absolute Gasteiger partial charge is 0.456 e. The van der Waals surface area contributed by atoms with E-state index in [4.69, 9.17) is 20.4 Å². The van der Waals surface area contributed by atoms with E-state index in [1.807, 2.05) is 30.3 Å². The minimum absolute atomic E-state index is 0.256. The molecule has 5 nitrogen and oxygen atoms in total. The Morgan fingerprint density at radius 3 is 2.52 bits per heavy atom. The maximum absolute atomic E-state index is 12.1. The molecule has 0 bridgehead atoms. The van der Waals surface area contributed by atoms with E-state index in [1.54, 1.807) is 31.2 Å². The highest BCUT2D eigenvalue weighted by molar-refractivity contribution is 6.31. The molecule has 0 saturated carbocycles. The SMILES string of the molecule is Cc1ccc(-c2cc3cc(Cl)cc(Cc4ccc(C(=O)NN(C)C)o4)c3o2)cc1. The van der Waals surface area contributed by atoms with Crippen molar-refractivity contribution in [1.82, 2.24) is 10.4 Å². The summed E-state index contributed by atoms with van der Waals surface area (Å²) in [6.45, 7) is 2.05. The summed E-state index contributed by atoms with van der Waals surface area (Å²) >= 11 is 6.34. The van der Waals surface area contributed by atoms with Gasteiger partial charge in [-0.1, -0.05) is 41.4 Å². The fourth-order valence-corrected chi connectivity index (χ4v) is 3.47. The summed E-state index contributed by atoms with van der Waals surface area (Å²) in [4.78, 5) is 12.1. The van der Waals surface area contributed by atoms with Gasteiger partial charge in [-0.2, -0.15) is 0 Å². The Morgan fingerprint density at radius 2 is 1.79 bits per heavy atom. The van der Waals surface area contributed by atoms with Crippen LogP contribution in [0.25, 0.3) is 22.3 Å². The van der Waals surface area contributed by atoms with Crippen LogP contribution in [-0.4, -0.2) is 25.0 Å². The highest BCUT2D eigenvalue weighted by Gasteiger charge is 2.16. The number of hydrogen-bond donors (Lipinski definition) is 1. The van der Waals surface area contributed by atoms with Gasteiger partial charge >= 0.3 is 5.91 Å². The lowest BCUT2D eigenvalue weighted by molar-refractivity contribution is 0.0826. The molecule has 148 valence electrons. The third kappa shape index (κ3) is 4.21. The molecule has 0 fully saturated rings. The molecule has 2 aromatic carbocycles. The molecule has 0 aliphatic rings. The highest BCUT2D eigenvalue weighted by Crippen LogP contribution is 2.33. The molecule has 1 N–H and O–H groups in total. The number of hydrazine groups is 1. The zero-order chi connectivity index (χ0) is 20.5. The summed E-state index contributed by atoms with van der Waals surface area (Å²) < 4.78 is 11.9. The van der Waals surface area contributed by atoms with E-state index in [2.05, 4.69) is 24.5 Å². The van der Waals surface area contributed by atoms with Crippen molar-refractivity contribution in [2.75, 3.05) is 14.1 Å². The third-order valence-electron chi connectivity index (χ3n) is 4.57. The third-order valence-corrected chi connectivity index (χ3v) is 4.79. The maximum atomic E-state index is 12.1. The van der Waals surface area contributed by atoms with Crippen LogP contribution in [0.2, 0.25) is 5.02 Å². The number of nitrogens with one attached hydrogen (secondary N) is 1. The zero-order valence-corrected chi connectivity index (χ0v) is 17.2. The van der Waals surface area contributed by atoms with Gasteiger partial charge in [0.05, 0.1) is 0 Å². The number of halogens is 1. The number of rotatable bonds is 5. The van der Waals surface area contributed by atoms with Gasteiger partial charge in [-0.25, -0.2) is 5.01 Å². The Labute approximate surface area is 173 Å². The normalized spacial score (nSPS) is 11.3. The van der Waals surface area contributed by atoms with Crippen molar-refractivity contribution in [3.8, 4) is 11.3 Å². The van der Waals surface area contributed by atoms with E-state index < -0.39 is 0 Å². The van der Waals surface area contributed by atoms with Crippen LogP contribution in [0.1, 0.15) is 27.4 Å². The molecule has 1 amide bonds. The maximum Gasteiger partial charge on any atom is 0.301 e. The second-order valence-electron chi connectivity index (χ2n) is 7.24. The average Bonchev–Trinajstić information content (AvgIpc) is 3.29. The summed E-state index contributed by atoms with van der Waals surface area (Å²) in [7, 11) is 3.49. The number of fused-ring (bicyclic) bond motifs is 1. The predicted molar refractivity (Wildman–Crippen MR) is 114 cm³/mol. The number of nitrogens with zero attached hydrogens (tertiary/aromatic N) is 1. The van der Waals surface area contributed by atoms with E-state index in [-0.39, 0.29) is 11.7 Å². The first-order chi connectivity index (χ1) is 13.9. The Balaban J connectivity index is 1.66. The molecule has 0 radical (unpaired) electrons. The Bertz CT molecular complexity index is 1170. The van der Waals surface area contributed by atoms with Gasteiger partial charge < -0.3 is 8.83 Å². The van der Waals surface area contributed by atoms with Gasteiger partial charge in [-0.05, 0) is 37.3 Å². The van der Waals surface area contributed by atoms with Gasteiger partial charge in [0.2, 0.25) is 0 Å². The molecule has 4 rings (SSSR count). The van der Waals surface area contributed by atoms with Gasteiger partial charge in [0.25, 0.3) is 0 Å². The summed E-state index contributed by atoms with van der Waals surface area (Å²) in [5, 5.41) is 3.13. The minimum atomic E-state index is -0.294. The molecule has 0 saturated heterocycles. The van der Waals surface area contributed by atoms with Crippen LogP contribution in [-0.2, 0) is 6.42 Å². The van der Waals surface area contributed by atoms with E-state index in [0.29, 0.717) is 17.2 Å². The molecule has 0 unspecified atom stereocenters. The zero-order valence-electron chi connectivity index (χ0n) is 16.5. The van der Waals surface area contributed by atoms with E-state index in [9.17, 15) is 4.79 Å². The van der Waals surface area contributed by atoms with Crippen LogP contribution in [0.5, 0.6) is 0 Å². The Kier molecular flexibility index (Phi) is 5.18. The van der Waals surface area contributed by atoms with Gasteiger partial charge in [-0.3, -0.25) is 10.2 Å². The molecule has 4 aromatic rings. The number of carbonyl (C=O) groups excluding carboxylic acids is 1. The molecule has 0 aliphatic carbocycles. The summed E-state index contributed by atoms with van der Waals surface area (Å²) in [5.41, 5.74) is 6.53. The Morgan fingerprint density at radius 1 is 1.03 bits per heavy atom. The van der Waals surface area contributed by atoms with Crippen molar-refractivity contribution in [1.29, 1.82) is 0 Å². The van der Waals surface area contributed by atoms with E-state index in [1.165, 1.54) is 5.56 Å². The monoisotopic (exact) mass is 408 g/mol. The second-order valence-corrected chi connectivity index (χ2v) is 7.67. The van der Waals surface area contributed by atoms with E-state index >= 15 is 0 Å². The first-order valence-corrected chi connectivity index (χ1v) is 9.63. The lowest BCUT2D eigenvalue weighted by atomic mass is 10.1. The second kappa shape index (κ2) is 7.78. The first kappa shape index (κ1) is 19.3. The number of furan rings is 2. The molecule has 0 atom stereocenters. The van der Waals surface area contributed by atoms with Crippen LogP contribution in [0, 0.1) is 6.92 Å². The van der Waals surface area contributed by atoms with Crippen molar-refractivity contribution in [3.63, 3.8) is 0 Å². The van der Waals surface area contributed by atoms with Crippen molar-refractivity contribution < 1.29 is 13.6 Å².